The summed E-state index contributed by atoms with van der Waals surface area (Å²) >= 11 is 0. The minimum Gasteiger partial charge on any atom is -0.505 e. The molecule has 1 heterocycles. The number of hydrogen-bond donors (Lipinski definition) is 2. The lowest BCUT2D eigenvalue weighted by atomic mass is 10.1. The first-order valence-electron chi connectivity index (χ1n) is 5.57. The second-order valence-electron chi connectivity index (χ2n) is 4.09. The first-order valence-corrected chi connectivity index (χ1v) is 5.57. The second-order valence-corrected chi connectivity index (χ2v) is 4.09. The van der Waals surface area contributed by atoms with Crippen molar-refractivity contribution in [3.05, 3.63) is 24.0 Å². The number of carbonyl (C=O) groups is 2. The highest BCUT2D eigenvalue weighted by molar-refractivity contribution is 5.96. The summed E-state index contributed by atoms with van der Waals surface area (Å²) in [6.07, 6.45) is 2.65. The van der Waals surface area contributed by atoms with Gasteiger partial charge in [-0.15, -0.1) is 0 Å². The fourth-order valence-electron chi connectivity index (χ4n) is 1.60. The van der Waals surface area contributed by atoms with Gasteiger partial charge in [0.15, 0.2) is 0 Å². The summed E-state index contributed by atoms with van der Waals surface area (Å²) in [6.45, 7) is 2.01. The van der Waals surface area contributed by atoms with Gasteiger partial charge in [0.05, 0.1) is 17.7 Å². The van der Waals surface area contributed by atoms with Gasteiger partial charge < -0.3 is 15.3 Å². The molecule has 18 heavy (non-hydrogen) atoms. The van der Waals surface area contributed by atoms with Crippen molar-refractivity contribution in [1.82, 2.24) is 15.2 Å². The van der Waals surface area contributed by atoms with Gasteiger partial charge in [0.25, 0.3) is 5.91 Å². The summed E-state index contributed by atoms with van der Waals surface area (Å²) in [5.74, 6) is -0.950. The third-order valence-corrected chi connectivity index (χ3v) is 2.62. The van der Waals surface area contributed by atoms with E-state index in [1.165, 1.54) is 23.4 Å². The summed E-state index contributed by atoms with van der Waals surface area (Å²) in [6, 6.07) is 1.44. The maximum absolute atomic E-state index is 12.0. The van der Waals surface area contributed by atoms with Gasteiger partial charge in [0.2, 0.25) is 5.91 Å². The van der Waals surface area contributed by atoms with Crippen molar-refractivity contribution in [3.63, 3.8) is 0 Å². The Balaban J connectivity index is 2.74. The van der Waals surface area contributed by atoms with Crippen LogP contribution < -0.4 is 5.32 Å². The molecule has 0 saturated heterocycles. The molecule has 2 amide bonds. The maximum Gasteiger partial charge on any atom is 0.257 e. The number of rotatable bonds is 4. The third-order valence-electron chi connectivity index (χ3n) is 2.62. The van der Waals surface area contributed by atoms with Crippen molar-refractivity contribution >= 4 is 11.8 Å². The minimum atomic E-state index is -0.342. The molecular weight excluding hydrogens is 234 g/mol. The number of aromatic nitrogens is 1. The molecule has 1 rings (SSSR count). The topological polar surface area (TPSA) is 82.5 Å². The van der Waals surface area contributed by atoms with Crippen LogP contribution in [0, 0.1) is 5.92 Å². The number of aromatic hydroxyl groups is 1. The van der Waals surface area contributed by atoms with E-state index >= 15 is 0 Å². The van der Waals surface area contributed by atoms with E-state index in [1.807, 2.05) is 0 Å². The Hall–Kier alpha value is -2.11. The van der Waals surface area contributed by atoms with Crippen LogP contribution >= 0.6 is 0 Å². The molecule has 1 unspecified atom stereocenters. The summed E-state index contributed by atoms with van der Waals surface area (Å²) in [5.41, 5.74) is 0.177. The molecule has 0 spiro atoms. The smallest absolute Gasteiger partial charge is 0.257 e. The molecule has 0 aromatic carbocycles. The molecule has 0 aliphatic heterocycles. The predicted molar refractivity (Wildman–Crippen MR) is 66.1 cm³/mol. The molecule has 0 saturated carbocycles. The van der Waals surface area contributed by atoms with Crippen LogP contribution in [-0.2, 0) is 4.79 Å². The molecule has 0 fully saturated rings. The number of amides is 2. The zero-order valence-corrected chi connectivity index (χ0v) is 10.7. The molecule has 98 valence electrons. The molecule has 0 aliphatic carbocycles. The average Bonchev–Trinajstić information content (AvgIpc) is 2.37. The van der Waals surface area contributed by atoms with Crippen molar-refractivity contribution in [2.45, 2.75) is 6.92 Å². The monoisotopic (exact) mass is 251 g/mol. The molecule has 0 aliphatic rings. The summed E-state index contributed by atoms with van der Waals surface area (Å²) in [4.78, 5) is 28.5. The summed E-state index contributed by atoms with van der Waals surface area (Å²) in [7, 11) is 3.14. The lowest BCUT2D eigenvalue weighted by molar-refractivity contribution is -0.124. The molecule has 1 aromatic rings. The molecule has 2 N–H and O–H groups in total. The molecule has 1 atom stereocenters. The Morgan fingerprint density at radius 3 is 2.78 bits per heavy atom. The molecule has 6 nitrogen and oxygen atoms in total. The number of nitrogens with one attached hydrogen (secondary N) is 1. The molecule has 1 aromatic heterocycles. The molecule has 0 radical (unpaired) electrons. The van der Waals surface area contributed by atoms with Gasteiger partial charge in [0.1, 0.15) is 5.75 Å². The predicted octanol–water partition coefficient (Wildman–Crippen LogP) is 0.241. The van der Waals surface area contributed by atoms with Gasteiger partial charge in [-0.05, 0) is 6.07 Å². The second kappa shape index (κ2) is 6.00. The van der Waals surface area contributed by atoms with E-state index in [1.54, 1.807) is 21.0 Å². The van der Waals surface area contributed by atoms with Crippen LogP contribution in [0.5, 0.6) is 5.75 Å². The normalized spacial score (nSPS) is 11.7. The number of carbonyl (C=O) groups excluding carboxylic acids is 2. The van der Waals surface area contributed by atoms with Crippen LogP contribution in [0.15, 0.2) is 18.5 Å². The molecule has 0 bridgehead atoms. The van der Waals surface area contributed by atoms with Gasteiger partial charge in [-0.25, -0.2) is 0 Å². The highest BCUT2D eigenvalue weighted by atomic mass is 16.3. The molecular formula is C12H17N3O3. The largest absolute Gasteiger partial charge is 0.505 e. The van der Waals surface area contributed by atoms with Crippen LogP contribution in [0.25, 0.3) is 0 Å². The van der Waals surface area contributed by atoms with E-state index in [2.05, 4.69) is 10.3 Å². The van der Waals surface area contributed by atoms with Gasteiger partial charge in [-0.3, -0.25) is 14.6 Å². The van der Waals surface area contributed by atoms with Gasteiger partial charge >= 0.3 is 0 Å². The van der Waals surface area contributed by atoms with Gasteiger partial charge in [0, 0.05) is 26.8 Å². The van der Waals surface area contributed by atoms with Crippen molar-refractivity contribution in [2.24, 2.45) is 5.92 Å². The van der Waals surface area contributed by atoms with Gasteiger partial charge in [-0.1, -0.05) is 6.92 Å². The quantitative estimate of drug-likeness (QED) is 0.803. The Morgan fingerprint density at radius 2 is 2.22 bits per heavy atom. The zero-order chi connectivity index (χ0) is 13.7. The minimum absolute atomic E-state index is 0.131. The Labute approximate surface area is 106 Å². The first-order chi connectivity index (χ1) is 8.47. The van der Waals surface area contributed by atoms with Crippen molar-refractivity contribution in [1.29, 1.82) is 0 Å². The number of hydrogen-bond acceptors (Lipinski definition) is 4. The molecule has 6 heteroatoms. The van der Waals surface area contributed by atoms with Crippen molar-refractivity contribution in [3.8, 4) is 5.75 Å². The van der Waals surface area contributed by atoms with E-state index in [0.29, 0.717) is 0 Å². The number of pyridine rings is 1. The Bertz CT molecular complexity index is 448. The standard InChI is InChI=1S/C12H17N3O3/c1-8(11(17)13-2)7-15(3)12(18)9-4-5-14-6-10(9)16/h4-6,8,16H,7H2,1-3H3,(H,13,17). The van der Waals surface area contributed by atoms with Crippen LogP contribution in [0.4, 0.5) is 0 Å². The van der Waals surface area contributed by atoms with E-state index in [0.717, 1.165) is 0 Å². The fraction of sp³-hybridized carbons (Fsp3) is 0.417. The highest BCUT2D eigenvalue weighted by Crippen LogP contribution is 2.16. The van der Waals surface area contributed by atoms with E-state index in [9.17, 15) is 14.7 Å². The van der Waals surface area contributed by atoms with Crippen LogP contribution in [0.1, 0.15) is 17.3 Å². The highest BCUT2D eigenvalue weighted by Gasteiger charge is 2.20. The van der Waals surface area contributed by atoms with Crippen LogP contribution in [-0.4, -0.2) is 47.4 Å². The summed E-state index contributed by atoms with van der Waals surface area (Å²) < 4.78 is 0. The van der Waals surface area contributed by atoms with Crippen molar-refractivity contribution in [2.75, 3.05) is 20.6 Å². The average molecular weight is 251 g/mol. The van der Waals surface area contributed by atoms with Crippen molar-refractivity contribution < 1.29 is 14.7 Å². The lowest BCUT2D eigenvalue weighted by Crippen LogP contribution is -2.37. The maximum atomic E-state index is 12.0. The zero-order valence-electron chi connectivity index (χ0n) is 10.7. The van der Waals surface area contributed by atoms with Crippen LogP contribution in [0.3, 0.4) is 0 Å². The Morgan fingerprint density at radius 1 is 1.56 bits per heavy atom. The summed E-state index contributed by atoms with van der Waals surface area (Å²) in [5, 5.41) is 12.1. The van der Waals surface area contributed by atoms with E-state index < -0.39 is 0 Å². The number of nitrogens with zero attached hydrogens (tertiary/aromatic N) is 2. The fourth-order valence-corrected chi connectivity index (χ4v) is 1.60. The van der Waals surface area contributed by atoms with Gasteiger partial charge in [-0.2, -0.15) is 0 Å². The van der Waals surface area contributed by atoms with Crippen LogP contribution in [0.2, 0.25) is 0 Å². The third kappa shape index (κ3) is 3.19. The first kappa shape index (κ1) is 14.0. The van der Waals surface area contributed by atoms with E-state index in [4.69, 9.17) is 0 Å². The lowest BCUT2D eigenvalue weighted by Gasteiger charge is -2.21. The Kier molecular flexibility index (Phi) is 4.65. The van der Waals surface area contributed by atoms with E-state index in [-0.39, 0.29) is 35.6 Å². The SMILES string of the molecule is CNC(=O)C(C)CN(C)C(=O)c1ccncc1O.